The predicted molar refractivity (Wildman–Crippen MR) is 489 cm³/mol. The van der Waals surface area contributed by atoms with Crippen LogP contribution in [0, 0.1) is 0 Å². The van der Waals surface area contributed by atoms with Gasteiger partial charge in [0, 0.05) is 78.8 Å². The van der Waals surface area contributed by atoms with Gasteiger partial charge in [-0.3, -0.25) is 9.97 Å². The number of pyridine rings is 4. The van der Waals surface area contributed by atoms with Crippen molar-refractivity contribution in [2.45, 2.75) is 0 Å². The quantitative estimate of drug-likeness (QED) is 0.0978. The fourth-order valence-electron chi connectivity index (χ4n) is 16.2. The first-order valence-electron chi connectivity index (χ1n) is 40.1. The number of furan rings is 2. The number of nitrogens with zero attached hydrogens (tertiary/aromatic N) is 8. The van der Waals surface area contributed by atoms with Crippen LogP contribution in [-0.2, 0) is 0 Å². The van der Waals surface area contributed by atoms with Crippen molar-refractivity contribution in [1.29, 1.82) is 0 Å². The molecule has 0 bridgehead atoms. The maximum absolute atomic E-state index is 7.14. The molecule has 0 N–H and O–H groups in total. The average Bonchev–Trinajstić information content (AvgIpc) is 1.55. The summed E-state index contributed by atoms with van der Waals surface area (Å²) in [4.78, 5) is 40.6. The lowest BCUT2D eigenvalue weighted by atomic mass is 9.93. The number of fused-ring (bicyclic) bond motifs is 7. The van der Waals surface area contributed by atoms with Crippen molar-refractivity contribution >= 4 is 54.5 Å². The summed E-state index contributed by atoms with van der Waals surface area (Å²) in [5, 5.41) is 6.10. The largest absolute Gasteiger partial charge is 0.455 e. The maximum Gasteiger partial charge on any atom is 0.163 e. The third kappa shape index (κ3) is 14.0. The van der Waals surface area contributed by atoms with Crippen LogP contribution in [0.2, 0.25) is 0 Å². The fourth-order valence-corrected chi connectivity index (χ4v) is 16.2. The van der Waals surface area contributed by atoms with Gasteiger partial charge >= 0.3 is 0 Å². The highest BCUT2D eigenvalue weighted by molar-refractivity contribution is 6.19. The van der Waals surface area contributed by atoms with Gasteiger partial charge < -0.3 is 8.83 Å². The summed E-state index contributed by atoms with van der Waals surface area (Å²) in [5.41, 5.74) is 28.5. The molecule has 0 saturated heterocycles. The molecule has 0 radical (unpaired) electrons. The van der Waals surface area contributed by atoms with Crippen LogP contribution in [0.15, 0.2) is 434 Å². The molecule has 0 aliphatic heterocycles. The lowest BCUT2D eigenvalue weighted by Crippen LogP contribution is -1.96. The normalized spacial score (nSPS) is 11.3. The Kier molecular flexibility index (Phi) is 18.7. The molecule has 0 amide bonds. The minimum atomic E-state index is 0.654. The Morgan fingerprint density at radius 1 is 0.183 bits per heavy atom. The van der Waals surface area contributed by atoms with Gasteiger partial charge in [-0.2, -0.15) is 0 Å². The zero-order valence-corrected chi connectivity index (χ0v) is 64.8. The highest BCUT2D eigenvalue weighted by Gasteiger charge is 2.28. The van der Waals surface area contributed by atoms with Crippen molar-refractivity contribution in [3.63, 3.8) is 0 Å². The smallest absolute Gasteiger partial charge is 0.163 e. The Morgan fingerprint density at radius 2 is 0.542 bits per heavy atom. The highest BCUT2D eigenvalue weighted by atomic mass is 16.3. The SMILES string of the molecule is c1ccc(-c2cc(-c3cccc(-c4ccc5nc(-c6ccc7ccccc7c6)c6c(-c7ccccc7)c(-c7ccccc7)oc6c5c4)c3)nc(-c3ccccc3)n2)cc1.c1ccc(-c2ccc(-c3cc(-c4ccc(-c5ccc6nc(-c7ccccc7)c7c(-c8ccccn8)c(-c8ccccn8)oc7c6c5)cc4)nc(-c4ccccc4)n3)cc2)cc1. The van der Waals surface area contributed by atoms with Crippen LogP contribution in [0.5, 0.6) is 0 Å². The van der Waals surface area contributed by atoms with E-state index in [1.54, 1.807) is 6.20 Å². The molecule has 0 saturated carbocycles. The summed E-state index contributed by atoms with van der Waals surface area (Å²) in [6.07, 6.45) is 3.60. The first-order valence-corrected chi connectivity index (χ1v) is 40.1. The highest BCUT2D eigenvalue weighted by Crippen LogP contribution is 2.50. The molecule has 10 heteroatoms. The molecule has 14 aromatic carbocycles. The molecule has 8 heterocycles. The maximum atomic E-state index is 7.14. The number of rotatable bonds is 15. The molecule has 562 valence electrons. The molecular formula is C110H70N8O2. The van der Waals surface area contributed by atoms with Gasteiger partial charge in [0.15, 0.2) is 17.4 Å². The molecule has 22 rings (SSSR count). The van der Waals surface area contributed by atoms with Crippen molar-refractivity contribution < 1.29 is 8.83 Å². The van der Waals surface area contributed by atoms with Crippen LogP contribution in [0.4, 0.5) is 0 Å². The molecular weight excluding hydrogens is 1470 g/mol. The summed E-state index contributed by atoms with van der Waals surface area (Å²) >= 11 is 0. The van der Waals surface area contributed by atoms with E-state index in [-0.39, 0.29) is 0 Å². The van der Waals surface area contributed by atoms with Crippen molar-refractivity contribution in [3.05, 3.63) is 425 Å². The van der Waals surface area contributed by atoms with Crippen molar-refractivity contribution in [2.75, 3.05) is 0 Å². The number of hydrogen-bond donors (Lipinski definition) is 0. The zero-order chi connectivity index (χ0) is 79.7. The van der Waals surface area contributed by atoms with E-state index in [1.165, 1.54) is 16.3 Å². The Morgan fingerprint density at radius 3 is 1.07 bits per heavy atom. The fraction of sp³-hybridized carbons (Fsp3) is 0. The van der Waals surface area contributed by atoms with E-state index >= 15 is 0 Å². The minimum absolute atomic E-state index is 0.654. The van der Waals surface area contributed by atoms with Crippen LogP contribution < -0.4 is 0 Å². The molecule has 120 heavy (non-hydrogen) atoms. The van der Waals surface area contributed by atoms with E-state index in [4.69, 9.17) is 48.7 Å². The van der Waals surface area contributed by atoms with Gasteiger partial charge in [0.1, 0.15) is 22.6 Å². The zero-order valence-electron chi connectivity index (χ0n) is 64.8. The third-order valence-corrected chi connectivity index (χ3v) is 22.1. The predicted octanol–water partition coefficient (Wildman–Crippen LogP) is 28.5. The van der Waals surface area contributed by atoms with E-state index in [9.17, 15) is 0 Å². The van der Waals surface area contributed by atoms with Gasteiger partial charge in [-0.25, -0.2) is 29.9 Å². The van der Waals surface area contributed by atoms with Gasteiger partial charge in [0.25, 0.3) is 0 Å². The van der Waals surface area contributed by atoms with Crippen molar-refractivity contribution in [1.82, 2.24) is 39.9 Å². The summed E-state index contributed by atoms with van der Waals surface area (Å²) in [6, 6.07) is 142. The molecule has 10 nitrogen and oxygen atoms in total. The topological polar surface area (TPSA) is 129 Å². The second-order valence-corrected chi connectivity index (χ2v) is 29.6. The van der Waals surface area contributed by atoms with E-state index in [2.05, 4.69) is 291 Å². The number of aromatic nitrogens is 8. The van der Waals surface area contributed by atoms with E-state index in [0.717, 1.165) is 190 Å². The standard InChI is InChI=1S/C55H35N5O.C55H35N3O/c1-4-14-36(15-5-1)37-22-26-39(27-23-37)48-35-49(60-55(59-48)42-18-8-3-9-19-42)40-28-24-38(25-29-40)43-30-31-45-44(34-43)53-51(52(58-45)41-16-6-2-7-17-41)50(46-20-10-12-32-56-46)54(61-53)47-21-11-13-33-57-47;1-5-17-37(18-6-1)48-35-49(58-55(57-48)40-23-11-4-12-24-40)44-27-15-26-42(32-44)43-30-31-47-46(34-43)54-51(52(56-47)45-29-28-36-16-13-14-25-41(36)33-45)50(38-19-7-2-8-20-38)53(59-54)39-21-9-3-10-22-39/h1-35H;1-35H. The van der Waals surface area contributed by atoms with Gasteiger partial charge in [-0.15, -0.1) is 0 Å². The van der Waals surface area contributed by atoms with Gasteiger partial charge in [-0.05, 0) is 123 Å². The van der Waals surface area contributed by atoms with E-state index in [1.807, 2.05) is 128 Å². The lowest BCUT2D eigenvalue weighted by molar-refractivity contribution is 0.632. The van der Waals surface area contributed by atoms with Crippen LogP contribution in [0.3, 0.4) is 0 Å². The monoisotopic (exact) mass is 1530 g/mol. The van der Waals surface area contributed by atoms with Crippen molar-refractivity contribution in [2.24, 2.45) is 0 Å². The van der Waals surface area contributed by atoms with Crippen LogP contribution in [0.25, 0.3) is 223 Å². The molecule has 22 aromatic rings. The molecule has 0 aliphatic carbocycles. The second-order valence-electron chi connectivity index (χ2n) is 29.6. The summed E-state index contributed by atoms with van der Waals surface area (Å²) in [6.45, 7) is 0. The Hall–Kier alpha value is -16.3. The molecule has 0 spiro atoms. The first-order chi connectivity index (χ1) is 59.5. The van der Waals surface area contributed by atoms with Crippen LogP contribution in [0.1, 0.15) is 0 Å². The molecule has 0 atom stereocenters. The van der Waals surface area contributed by atoms with Crippen LogP contribution in [-0.4, -0.2) is 39.9 Å². The van der Waals surface area contributed by atoms with Gasteiger partial charge in [0.2, 0.25) is 0 Å². The lowest BCUT2D eigenvalue weighted by Gasteiger charge is -2.12. The first kappa shape index (κ1) is 71.5. The number of hydrogen-bond acceptors (Lipinski definition) is 10. The third-order valence-electron chi connectivity index (χ3n) is 22.1. The Balaban J connectivity index is 0.000000149. The van der Waals surface area contributed by atoms with E-state index in [0.29, 0.717) is 17.4 Å². The van der Waals surface area contributed by atoms with Gasteiger partial charge in [0.05, 0.1) is 67.2 Å². The summed E-state index contributed by atoms with van der Waals surface area (Å²) in [5.74, 6) is 2.85. The van der Waals surface area contributed by atoms with Gasteiger partial charge in [-0.1, -0.05) is 340 Å². The molecule has 8 aromatic heterocycles. The van der Waals surface area contributed by atoms with Crippen LogP contribution >= 0.6 is 0 Å². The number of benzene rings is 14. The van der Waals surface area contributed by atoms with Crippen molar-refractivity contribution in [3.8, 4) is 169 Å². The molecule has 0 fully saturated rings. The van der Waals surface area contributed by atoms with E-state index < -0.39 is 0 Å². The molecule has 0 unspecified atom stereocenters. The Labute approximate surface area is 692 Å². The minimum Gasteiger partial charge on any atom is -0.455 e. The summed E-state index contributed by atoms with van der Waals surface area (Å²) < 4.78 is 14.1. The summed E-state index contributed by atoms with van der Waals surface area (Å²) in [7, 11) is 0. The Bertz CT molecular complexity index is 7450. The molecule has 0 aliphatic rings. The average molecular weight is 1540 g/mol. The second kappa shape index (κ2) is 31.5.